The summed E-state index contributed by atoms with van der Waals surface area (Å²) >= 11 is 0. The lowest BCUT2D eigenvalue weighted by Gasteiger charge is -2.24. The van der Waals surface area contributed by atoms with E-state index in [4.69, 9.17) is 4.74 Å². The second-order valence-corrected chi connectivity index (χ2v) is 10.8. The number of nitrogens with one attached hydrogen (secondary N) is 2. The molecule has 7 nitrogen and oxygen atoms in total. The SMILES string of the molecule is COc1cc(-c2cccc(-c3cccc(NC(=O)c4cccn(C)c4=O)c3C)c2C)cc(F)c1CNC(C)(C)CO. The highest BCUT2D eigenvalue weighted by Crippen LogP contribution is 2.37. The fourth-order valence-corrected chi connectivity index (χ4v) is 4.77. The Bertz CT molecular complexity index is 1660. The van der Waals surface area contributed by atoms with Crippen LogP contribution in [-0.4, -0.2) is 34.8 Å². The normalized spacial score (nSPS) is 11.4. The standard InChI is InChI=1S/C33H36FN3O4/c1-20-23(22-16-28(34)27(30(17-22)41-6)18-35-33(3,4)19-38)10-7-11-24(20)25-12-8-14-29(21(25)2)36-31(39)26-13-9-15-37(5)32(26)40/h7-17,35,38H,18-19H2,1-6H3,(H,36,39). The summed E-state index contributed by atoms with van der Waals surface area (Å²) in [4.78, 5) is 25.4. The number of rotatable bonds is 9. The van der Waals surface area contributed by atoms with Crippen molar-refractivity contribution in [3.05, 3.63) is 105 Å². The fourth-order valence-electron chi connectivity index (χ4n) is 4.77. The molecule has 0 aliphatic carbocycles. The number of halogens is 1. The van der Waals surface area contributed by atoms with Crippen molar-refractivity contribution in [3.8, 4) is 28.0 Å². The molecule has 0 atom stereocenters. The quantitative estimate of drug-likeness (QED) is 0.249. The predicted molar refractivity (Wildman–Crippen MR) is 161 cm³/mol. The number of aryl methyl sites for hydroxylation is 1. The highest BCUT2D eigenvalue weighted by molar-refractivity contribution is 6.05. The Kier molecular flexibility index (Phi) is 8.75. The van der Waals surface area contributed by atoms with Gasteiger partial charge in [0.05, 0.1) is 13.7 Å². The zero-order valence-corrected chi connectivity index (χ0v) is 24.3. The van der Waals surface area contributed by atoms with E-state index in [-0.39, 0.29) is 24.3 Å². The number of aliphatic hydroxyl groups is 1. The van der Waals surface area contributed by atoms with Crippen molar-refractivity contribution >= 4 is 11.6 Å². The maximum atomic E-state index is 15.4. The third-order valence-electron chi connectivity index (χ3n) is 7.40. The van der Waals surface area contributed by atoms with Crippen LogP contribution in [0.4, 0.5) is 10.1 Å². The van der Waals surface area contributed by atoms with Crippen LogP contribution in [0.1, 0.15) is 40.9 Å². The zero-order chi connectivity index (χ0) is 29.9. The third-order valence-corrected chi connectivity index (χ3v) is 7.40. The molecule has 0 fully saturated rings. The van der Waals surface area contributed by atoms with Gasteiger partial charge in [-0.25, -0.2) is 4.39 Å². The molecular formula is C33H36FN3O4. The van der Waals surface area contributed by atoms with Crippen molar-refractivity contribution < 1.29 is 19.0 Å². The fraction of sp³-hybridized carbons (Fsp3) is 0.273. The van der Waals surface area contributed by atoms with E-state index in [1.165, 1.54) is 23.8 Å². The summed E-state index contributed by atoms with van der Waals surface area (Å²) in [6.07, 6.45) is 1.60. The highest BCUT2D eigenvalue weighted by Gasteiger charge is 2.20. The molecule has 214 valence electrons. The second-order valence-electron chi connectivity index (χ2n) is 10.8. The summed E-state index contributed by atoms with van der Waals surface area (Å²) in [5, 5.41) is 15.6. The monoisotopic (exact) mass is 557 g/mol. The number of ether oxygens (including phenoxy) is 1. The van der Waals surface area contributed by atoms with Crippen LogP contribution in [0.5, 0.6) is 5.75 Å². The van der Waals surface area contributed by atoms with Crippen LogP contribution in [0.25, 0.3) is 22.3 Å². The maximum Gasteiger partial charge on any atom is 0.263 e. The van der Waals surface area contributed by atoms with Crippen molar-refractivity contribution in [3.63, 3.8) is 0 Å². The first-order valence-corrected chi connectivity index (χ1v) is 13.4. The van der Waals surface area contributed by atoms with E-state index in [1.54, 1.807) is 25.4 Å². The van der Waals surface area contributed by atoms with Crippen LogP contribution in [0.3, 0.4) is 0 Å². The smallest absolute Gasteiger partial charge is 0.263 e. The van der Waals surface area contributed by atoms with Gasteiger partial charge in [0.2, 0.25) is 0 Å². The van der Waals surface area contributed by atoms with Crippen LogP contribution < -0.4 is 20.9 Å². The number of nitrogens with zero attached hydrogens (tertiary/aromatic N) is 1. The number of pyridine rings is 1. The molecule has 0 saturated heterocycles. The summed E-state index contributed by atoms with van der Waals surface area (Å²) in [7, 11) is 3.11. The van der Waals surface area contributed by atoms with E-state index >= 15 is 4.39 Å². The van der Waals surface area contributed by atoms with Crippen LogP contribution in [0.15, 0.2) is 71.7 Å². The highest BCUT2D eigenvalue weighted by atomic mass is 19.1. The first-order valence-electron chi connectivity index (χ1n) is 13.4. The molecule has 0 bridgehead atoms. The number of aliphatic hydroxyl groups excluding tert-OH is 1. The Morgan fingerprint density at radius 3 is 2.34 bits per heavy atom. The van der Waals surface area contributed by atoms with Gasteiger partial charge in [-0.3, -0.25) is 9.59 Å². The van der Waals surface area contributed by atoms with Gasteiger partial charge in [0.1, 0.15) is 17.1 Å². The number of benzene rings is 3. The van der Waals surface area contributed by atoms with E-state index in [0.29, 0.717) is 22.6 Å². The van der Waals surface area contributed by atoms with E-state index in [9.17, 15) is 14.7 Å². The summed E-state index contributed by atoms with van der Waals surface area (Å²) in [6, 6.07) is 18.0. The van der Waals surface area contributed by atoms with Crippen molar-refractivity contribution in [2.75, 3.05) is 19.0 Å². The van der Waals surface area contributed by atoms with Gasteiger partial charge >= 0.3 is 0 Å². The molecule has 1 heterocycles. The Morgan fingerprint density at radius 1 is 1.00 bits per heavy atom. The minimum absolute atomic E-state index is 0.0625. The molecular weight excluding hydrogens is 521 g/mol. The van der Waals surface area contributed by atoms with Gasteiger partial charge in [-0.15, -0.1) is 0 Å². The molecule has 4 aromatic rings. The van der Waals surface area contributed by atoms with E-state index < -0.39 is 17.3 Å². The van der Waals surface area contributed by atoms with Gasteiger partial charge in [0.15, 0.2) is 0 Å². The molecule has 1 aromatic heterocycles. The van der Waals surface area contributed by atoms with Crippen LogP contribution >= 0.6 is 0 Å². The van der Waals surface area contributed by atoms with Gasteiger partial charge in [-0.1, -0.05) is 30.3 Å². The number of anilines is 1. The topological polar surface area (TPSA) is 92.6 Å². The number of hydrogen-bond donors (Lipinski definition) is 3. The molecule has 0 saturated carbocycles. The summed E-state index contributed by atoms with van der Waals surface area (Å²) in [5.74, 6) is -0.464. The minimum atomic E-state index is -0.566. The Morgan fingerprint density at radius 2 is 1.66 bits per heavy atom. The molecule has 3 N–H and O–H groups in total. The molecule has 1 amide bonds. The average Bonchev–Trinajstić information content (AvgIpc) is 2.95. The molecule has 0 aliphatic heterocycles. The maximum absolute atomic E-state index is 15.4. The zero-order valence-electron chi connectivity index (χ0n) is 24.3. The number of amides is 1. The Labute approximate surface area is 239 Å². The molecule has 0 radical (unpaired) electrons. The molecule has 0 aliphatic rings. The van der Waals surface area contributed by atoms with Gasteiger partial charge in [-0.2, -0.15) is 0 Å². The van der Waals surface area contributed by atoms with Crippen LogP contribution in [-0.2, 0) is 13.6 Å². The lowest BCUT2D eigenvalue weighted by molar-refractivity contribution is 0.102. The van der Waals surface area contributed by atoms with Crippen molar-refractivity contribution in [2.24, 2.45) is 7.05 Å². The number of aromatic nitrogens is 1. The second kappa shape index (κ2) is 12.1. The largest absolute Gasteiger partial charge is 0.496 e. The van der Waals surface area contributed by atoms with E-state index in [0.717, 1.165) is 27.8 Å². The van der Waals surface area contributed by atoms with Gasteiger partial charge < -0.3 is 25.0 Å². The molecule has 0 spiro atoms. The number of methoxy groups -OCH3 is 1. The lowest BCUT2D eigenvalue weighted by Crippen LogP contribution is -2.42. The average molecular weight is 558 g/mol. The summed E-state index contributed by atoms with van der Waals surface area (Å²) in [6.45, 7) is 7.69. The molecule has 8 heteroatoms. The van der Waals surface area contributed by atoms with E-state index in [2.05, 4.69) is 10.6 Å². The van der Waals surface area contributed by atoms with Gasteiger partial charge in [0, 0.05) is 36.6 Å². The van der Waals surface area contributed by atoms with E-state index in [1.807, 2.05) is 64.1 Å². The van der Waals surface area contributed by atoms with Crippen molar-refractivity contribution in [1.82, 2.24) is 9.88 Å². The van der Waals surface area contributed by atoms with Crippen LogP contribution in [0, 0.1) is 19.7 Å². The van der Waals surface area contributed by atoms with Gasteiger partial charge in [-0.05, 0) is 91.4 Å². The van der Waals surface area contributed by atoms with Crippen molar-refractivity contribution in [1.29, 1.82) is 0 Å². The summed E-state index contributed by atoms with van der Waals surface area (Å²) < 4.78 is 22.3. The molecule has 0 unspecified atom stereocenters. The number of carbonyl (C=O) groups excluding carboxylic acids is 1. The van der Waals surface area contributed by atoms with Crippen molar-refractivity contribution in [2.45, 2.75) is 39.8 Å². The Balaban J connectivity index is 1.70. The first-order chi connectivity index (χ1) is 19.5. The summed E-state index contributed by atoms with van der Waals surface area (Å²) in [5.41, 5.74) is 5.24. The third kappa shape index (κ3) is 6.24. The first kappa shape index (κ1) is 29.7. The number of carbonyl (C=O) groups is 1. The Hall–Kier alpha value is -4.27. The molecule has 3 aromatic carbocycles. The van der Waals surface area contributed by atoms with Crippen LogP contribution in [0.2, 0.25) is 0 Å². The predicted octanol–water partition coefficient (Wildman–Crippen LogP) is 5.60. The molecule has 4 rings (SSSR count). The van der Waals surface area contributed by atoms with Gasteiger partial charge in [0.25, 0.3) is 11.5 Å². The molecule has 41 heavy (non-hydrogen) atoms. The number of hydrogen-bond acceptors (Lipinski definition) is 5. The minimum Gasteiger partial charge on any atom is -0.496 e. The lowest BCUT2D eigenvalue weighted by atomic mass is 9.90.